The lowest BCUT2D eigenvalue weighted by Crippen LogP contribution is -2.24. The van der Waals surface area contributed by atoms with Crippen LogP contribution in [0.25, 0.3) is 5.69 Å². The first-order valence-electron chi connectivity index (χ1n) is 5.73. The molecule has 1 aromatic carbocycles. The van der Waals surface area contributed by atoms with Crippen molar-refractivity contribution in [1.82, 2.24) is 9.78 Å². The van der Waals surface area contributed by atoms with Gasteiger partial charge in [-0.1, -0.05) is 0 Å². The molecular weight excluding hydrogens is 283 g/mol. The zero-order valence-corrected chi connectivity index (χ0v) is 11.2. The van der Waals surface area contributed by atoms with E-state index in [9.17, 15) is 19.1 Å². The van der Waals surface area contributed by atoms with Gasteiger partial charge in [-0.05, 0) is 12.1 Å². The zero-order valence-electron chi connectivity index (χ0n) is 11.2. The first kappa shape index (κ1) is 14.5. The minimum absolute atomic E-state index is 0.189. The van der Waals surface area contributed by atoms with Crippen LogP contribution in [0.4, 0.5) is 4.39 Å². The highest BCUT2D eigenvalue weighted by atomic mass is 19.1. The molecule has 0 saturated carbocycles. The predicted octanol–water partition coefficient (Wildman–Crippen LogP) is 0.872. The quantitative estimate of drug-likeness (QED) is 0.845. The van der Waals surface area contributed by atoms with E-state index in [4.69, 9.17) is 4.74 Å². The van der Waals surface area contributed by atoms with Crippen molar-refractivity contribution in [3.8, 4) is 17.2 Å². The number of hydrogen-bond acceptors (Lipinski definition) is 6. The van der Waals surface area contributed by atoms with Crippen LogP contribution in [0, 0.1) is 5.82 Å². The van der Waals surface area contributed by atoms with Gasteiger partial charge in [0.25, 0.3) is 5.56 Å². The van der Waals surface area contributed by atoms with Gasteiger partial charge in [0.2, 0.25) is 5.69 Å². The number of esters is 1. The third-order valence-corrected chi connectivity index (χ3v) is 2.67. The monoisotopic (exact) mass is 294 g/mol. The summed E-state index contributed by atoms with van der Waals surface area (Å²) < 4.78 is 23.9. The molecule has 2 aromatic rings. The highest BCUT2D eigenvalue weighted by molar-refractivity contribution is 5.89. The van der Waals surface area contributed by atoms with Crippen LogP contribution in [-0.4, -0.2) is 35.1 Å². The Morgan fingerprint density at radius 1 is 1.33 bits per heavy atom. The lowest BCUT2D eigenvalue weighted by molar-refractivity contribution is 0.0587. The molecule has 0 radical (unpaired) electrons. The number of aromatic hydroxyl groups is 1. The van der Waals surface area contributed by atoms with Gasteiger partial charge in [0.05, 0.1) is 14.2 Å². The van der Waals surface area contributed by atoms with Gasteiger partial charge in [0.1, 0.15) is 11.4 Å². The molecule has 0 unspecified atom stereocenters. The average molecular weight is 294 g/mol. The van der Waals surface area contributed by atoms with Gasteiger partial charge in [-0.3, -0.25) is 4.79 Å². The lowest BCUT2D eigenvalue weighted by atomic mass is 10.3. The maximum Gasteiger partial charge on any atom is 0.362 e. The number of rotatable bonds is 3. The van der Waals surface area contributed by atoms with Gasteiger partial charge in [-0.2, -0.15) is 9.78 Å². The minimum atomic E-state index is -0.949. The van der Waals surface area contributed by atoms with Crippen LogP contribution >= 0.6 is 0 Å². The summed E-state index contributed by atoms with van der Waals surface area (Å²) in [5, 5.41) is 13.2. The fraction of sp³-hybridized carbons (Fsp3) is 0.154. The van der Waals surface area contributed by atoms with Gasteiger partial charge >= 0.3 is 5.97 Å². The van der Waals surface area contributed by atoms with Gasteiger partial charge < -0.3 is 14.6 Å². The first-order valence-corrected chi connectivity index (χ1v) is 5.73. The Morgan fingerprint density at radius 3 is 2.62 bits per heavy atom. The SMILES string of the molecule is COC(=O)c1nn(-c2ccc(OC)cc2F)c(=O)cc1O. The highest BCUT2D eigenvalue weighted by Crippen LogP contribution is 2.19. The molecule has 0 aliphatic rings. The van der Waals surface area contributed by atoms with E-state index in [1.807, 2.05) is 0 Å². The summed E-state index contributed by atoms with van der Waals surface area (Å²) in [7, 11) is 2.46. The van der Waals surface area contributed by atoms with E-state index in [0.29, 0.717) is 4.68 Å². The lowest BCUT2D eigenvalue weighted by Gasteiger charge is -2.09. The van der Waals surface area contributed by atoms with Crippen molar-refractivity contribution in [1.29, 1.82) is 0 Å². The molecule has 21 heavy (non-hydrogen) atoms. The minimum Gasteiger partial charge on any atom is -0.505 e. The topological polar surface area (TPSA) is 90.6 Å². The van der Waals surface area contributed by atoms with Crippen molar-refractivity contribution in [2.24, 2.45) is 0 Å². The molecule has 0 saturated heterocycles. The predicted molar refractivity (Wildman–Crippen MR) is 69.3 cm³/mol. The first-order chi connectivity index (χ1) is 9.97. The summed E-state index contributed by atoms with van der Waals surface area (Å²) in [6, 6.07) is 4.51. The van der Waals surface area contributed by atoms with E-state index in [0.717, 1.165) is 19.2 Å². The van der Waals surface area contributed by atoms with Crippen molar-refractivity contribution in [2.45, 2.75) is 0 Å². The summed E-state index contributed by atoms with van der Waals surface area (Å²) in [5.74, 6) is -2.10. The smallest absolute Gasteiger partial charge is 0.362 e. The molecule has 7 nitrogen and oxygen atoms in total. The largest absolute Gasteiger partial charge is 0.505 e. The number of halogens is 1. The summed E-state index contributed by atoms with van der Waals surface area (Å²) in [6.07, 6.45) is 0. The number of aromatic nitrogens is 2. The van der Waals surface area contributed by atoms with Gasteiger partial charge in [-0.25, -0.2) is 9.18 Å². The molecule has 0 bridgehead atoms. The highest BCUT2D eigenvalue weighted by Gasteiger charge is 2.18. The van der Waals surface area contributed by atoms with E-state index in [2.05, 4.69) is 9.84 Å². The number of carbonyl (C=O) groups is 1. The molecule has 1 N–H and O–H groups in total. The molecule has 1 aromatic heterocycles. The van der Waals surface area contributed by atoms with E-state index in [1.165, 1.54) is 19.2 Å². The number of nitrogens with zero attached hydrogens (tertiary/aromatic N) is 2. The average Bonchev–Trinajstić information content (AvgIpc) is 2.47. The summed E-state index contributed by atoms with van der Waals surface area (Å²) in [5.41, 5.74) is -1.48. The number of ether oxygens (including phenoxy) is 2. The number of carbonyl (C=O) groups excluding carboxylic acids is 1. The van der Waals surface area contributed by atoms with Crippen LogP contribution in [-0.2, 0) is 4.74 Å². The molecule has 110 valence electrons. The summed E-state index contributed by atoms with van der Waals surface area (Å²) in [6.45, 7) is 0. The summed E-state index contributed by atoms with van der Waals surface area (Å²) in [4.78, 5) is 23.2. The van der Waals surface area contributed by atoms with Crippen LogP contribution in [0.1, 0.15) is 10.5 Å². The van der Waals surface area contributed by atoms with E-state index in [-0.39, 0.29) is 11.4 Å². The third-order valence-electron chi connectivity index (χ3n) is 2.67. The van der Waals surface area contributed by atoms with Crippen LogP contribution in [0.3, 0.4) is 0 Å². The fourth-order valence-electron chi connectivity index (χ4n) is 1.65. The van der Waals surface area contributed by atoms with E-state index in [1.54, 1.807) is 0 Å². The Hall–Kier alpha value is -2.90. The molecule has 8 heteroatoms. The Kier molecular flexibility index (Phi) is 3.88. The van der Waals surface area contributed by atoms with Crippen LogP contribution in [0.15, 0.2) is 29.1 Å². The number of methoxy groups -OCH3 is 2. The molecule has 0 aliphatic carbocycles. The van der Waals surface area contributed by atoms with Gasteiger partial charge in [-0.15, -0.1) is 0 Å². The molecule has 1 heterocycles. The van der Waals surface area contributed by atoms with Crippen molar-refractivity contribution in [2.75, 3.05) is 14.2 Å². The molecule has 0 aliphatic heterocycles. The summed E-state index contributed by atoms with van der Waals surface area (Å²) >= 11 is 0. The van der Waals surface area contributed by atoms with E-state index < -0.39 is 28.8 Å². The Morgan fingerprint density at radius 2 is 2.05 bits per heavy atom. The van der Waals surface area contributed by atoms with Gasteiger partial charge in [0, 0.05) is 12.1 Å². The Labute approximate surface area is 118 Å². The second kappa shape index (κ2) is 5.61. The molecule has 0 amide bonds. The van der Waals surface area contributed by atoms with E-state index >= 15 is 0 Å². The van der Waals surface area contributed by atoms with Crippen LogP contribution in [0.5, 0.6) is 11.5 Å². The maximum absolute atomic E-state index is 14.0. The Bertz CT molecular complexity index is 757. The third kappa shape index (κ3) is 2.69. The number of hydrogen-bond donors (Lipinski definition) is 1. The molecule has 0 spiro atoms. The van der Waals surface area contributed by atoms with Crippen molar-refractivity contribution >= 4 is 5.97 Å². The maximum atomic E-state index is 14.0. The zero-order chi connectivity index (χ0) is 15.6. The fourth-order valence-corrected chi connectivity index (χ4v) is 1.65. The molecular formula is C13H11FN2O5. The Balaban J connectivity index is 2.64. The molecule has 0 fully saturated rings. The standard InChI is InChI=1S/C13H11FN2O5/c1-20-7-3-4-9(8(14)5-7)16-11(18)6-10(17)12(15-16)13(19)21-2/h3-6,17H,1-2H3. The second-order valence-electron chi connectivity index (χ2n) is 3.94. The number of benzene rings is 1. The van der Waals surface area contributed by atoms with Gasteiger partial charge in [0.15, 0.2) is 11.6 Å². The van der Waals surface area contributed by atoms with Crippen LogP contribution < -0.4 is 10.3 Å². The molecule has 0 atom stereocenters. The second-order valence-corrected chi connectivity index (χ2v) is 3.94. The normalized spacial score (nSPS) is 10.2. The molecule has 2 rings (SSSR count). The van der Waals surface area contributed by atoms with Crippen molar-refractivity contribution in [3.05, 3.63) is 46.1 Å². The van der Waals surface area contributed by atoms with Crippen molar-refractivity contribution < 1.29 is 23.8 Å². The van der Waals surface area contributed by atoms with Crippen LogP contribution in [0.2, 0.25) is 0 Å². The van der Waals surface area contributed by atoms with Crippen molar-refractivity contribution in [3.63, 3.8) is 0 Å².